The number of para-hydroxylation sites is 1. The summed E-state index contributed by atoms with van der Waals surface area (Å²) in [4.78, 5) is 34.1. The maximum Gasteiger partial charge on any atom is 0.408 e. The van der Waals surface area contributed by atoms with E-state index < -0.39 is 17.6 Å². The molecule has 2 aromatic carbocycles. The van der Waals surface area contributed by atoms with Gasteiger partial charge in [0.2, 0.25) is 5.91 Å². The van der Waals surface area contributed by atoms with Crippen LogP contribution in [0.5, 0.6) is 0 Å². The predicted molar refractivity (Wildman–Crippen MR) is 162 cm³/mol. The molecule has 0 aliphatic rings. The molecule has 42 heavy (non-hydrogen) atoms. The Hall–Kier alpha value is -5.25. The molecule has 0 unspecified atom stereocenters. The second-order valence-corrected chi connectivity index (χ2v) is 10.7. The standard InChI is InChI=1S/C32H31FN6O3/c1-32(2,3)42-31(41)35-19-26(40)37-29-25(36-23-8-6-5-7-9-23)18-24-27(20-14-16-34-17-15-20)28(39(4)30(24)38-29)21-10-12-22(33)13-11-21/h5-18,36H,19H2,1-4H3,(H,35,41)(H,37,38,40). The number of carbonyl (C=O) groups is 2. The number of anilines is 3. The van der Waals surface area contributed by atoms with Crippen LogP contribution in [0.4, 0.5) is 26.4 Å². The van der Waals surface area contributed by atoms with Crippen molar-refractivity contribution in [1.82, 2.24) is 19.9 Å². The molecule has 0 radical (unpaired) electrons. The number of alkyl carbamates (subject to hydrolysis) is 1. The van der Waals surface area contributed by atoms with Gasteiger partial charge in [0.05, 0.1) is 11.4 Å². The van der Waals surface area contributed by atoms with Crippen LogP contribution in [0, 0.1) is 5.82 Å². The van der Waals surface area contributed by atoms with E-state index in [2.05, 4.69) is 20.9 Å². The minimum absolute atomic E-state index is 0.273. The Kier molecular flexibility index (Phi) is 7.88. The van der Waals surface area contributed by atoms with Crippen LogP contribution >= 0.6 is 0 Å². The van der Waals surface area contributed by atoms with Gasteiger partial charge in [-0.15, -0.1) is 0 Å². The summed E-state index contributed by atoms with van der Waals surface area (Å²) in [6.07, 6.45) is 2.73. The third kappa shape index (κ3) is 6.38. The lowest BCUT2D eigenvalue weighted by Gasteiger charge is -2.19. The maximum absolute atomic E-state index is 13.8. The molecule has 0 fully saturated rings. The molecule has 0 bridgehead atoms. The summed E-state index contributed by atoms with van der Waals surface area (Å²) in [6.45, 7) is 4.92. The van der Waals surface area contributed by atoms with Crippen LogP contribution in [0.15, 0.2) is 85.2 Å². The SMILES string of the molecule is Cn1c(-c2ccc(F)cc2)c(-c2ccncc2)c2cc(Nc3ccccc3)c(NC(=O)CNC(=O)OC(C)(C)C)nc21. The van der Waals surface area contributed by atoms with Crippen molar-refractivity contribution < 1.29 is 18.7 Å². The summed E-state index contributed by atoms with van der Waals surface area (Å²) in [5.74, 6) is -0.540. The largest absolute Gasteiger partial charge is 0.444 e. The number of hydrogen-bond donors (Lipinski definition) is 3. The Morgan fingerprint density at radius 1 is 0.952 bits per heavy atom. The molecule has 214 valence electrons. The minimum atomic E-state index is -0.697. The number of aromatic nitrogens is 3. The molecule has 0 saturated carbocycles. The van der Waals surface area contributed by atoms with Gasteiger partial charge in [0.15, 0.2) is 5.82 Å². The van der Waals surface area contributed by atoms with Gasteiger partial charge in [-0.3, -0.25) is 9.78 Å². The molecule has 0 spiro atoms. The molecule has 9 nitrogen and oxygen atoms in total. The average Bonchev–Trinajstić information content (AvgIpc) is 3.23. The van der Waals surface area contributed by atoms with Crippen molar-refractivity contribution in [2.45, 2.75) is 26.4 Å². The smallest absolute Gasteiger partial charge is 0.408 e. The number of nitrogens with zero attached hydrogens (tertiary/aromatic N) is 3. The number of pyridine rings is 2. The van der Waals surface area contributed by atoms with E-state index in [4.69, 9.17) is 9.72 Å². The van der Waals surface area contributed by atoms with Crippen molar-refractivity contribution >= 4 is 40.2 Å². The second-order valence-electron chi connectivity index (χ2n) is 10.7. The van der Waals surface area contributed by atoms with E-state index in [1.54, 1.807) is 45.3 Å². The molecule has 3 heterocycles. The summed E-state index contributed by atoms with van der Waals surface area (Å²) in [5.41, 5.74) is 4.65. The van der Waals surface area contributed by atoms with Crippen LogP contribution in [0.3, 0.4) is 0 Å². The molecule has 0 atom stereocenters. The van der Waals surface area contributed by atoms with Crippen molar-refractivity contribution in [1.29, 1.82) is 0 Å². The summed E-state index contributed by atoms with van der Waals surface area (Å²) in [6, 6.07) is 21.5. The first kappa shape index (κ1) is 28.3. The zero-order chi connectivity index (χ0) is 29.9. The first-order chi connectivity index (χ1) is 20.1. The molecule has 0 aliphatic heterocycles. The van der Waals surface area contributed by atoms with Crippen molar-refractivity contribution in [2.24, 2.45) is 7.05 Å². The number of rotatable bonds is 7. The molecule has 2 amide bonds. The minimum Gasteiger partial charge on any atom is -0.444 e. The number of ether oxygens (including phenoxy) is 1. The van der Waals surface area contributed by atoms with Gasteiger partial charge >= 0.3 is 6.09 Å². The Labute approximate surface area is 242 Å². The lowest BCUT2D eigenvalue weighted by molar-refractivity contribution is -0.115. The summed E-state index contributed by atoms with van der Waals surface area (Å²) < 4.78 is 21.0. The van der Waals surface area contributed by atoms with Crippen LogP contribution in [-0.2, 0) is 16.6 Å². The number of amides is 2. The molecule has 3 N–H and O–H groups in total. The van der Waals surface area contributed by atoms with E-state index in [9.17, 15) is 14.0 Å². The Balaban J connectivity index is 1.61. The van der Waals surface area contributed by atoms with Crippen LogP contribution in [0.2, 0.25) is 0 Å². The lowest BCUT2D eigenvalue weighted by atomic mass is 9.99. The van der Waals surface area contributed by atoms with Crippen molar-refractivity contribution in [3.8, 4) is 22.4 Å². The fourth-order valence-electron chi connectivity index (χ4n) is 4.61. The lowest BCUT2D eigenvalue weighted by Crippen LogP contribution is -2.37. The van der Waals surface area contributed by atoms with Gasteiger partial charge in [-0.2, -0.15) is 0 Å². The van der Waals surface area contributed by atoms with Crippen LogP contribution in [0.25, 0.3) is 33.4 Å². The van der Waals surface area contributed by atoms with Crippen molar-refractivity contribution in [2.75, 3.05) is 17.2 Å². The molecular weight excluding hydrogens is 535 g/mol. The topological polar surface area (TPSA) is 110 Å². The first-order valence-corrected chi connectivity index (χ1v) is 13.4. The quantitative estimate of drug-likeness (QED) is 0.204. The first-order valence-electron chi connectivity index (χ1n) is 13.4. The zero-order valence-electron chi connectivity index (χ0n) is 23.7. The van der Waals surface area contributed by atoms with E-state index in [0.29, 0.717) is 11.3 Å². The highest BCUT2D eigenvalue weighted by atomic mass is 19.1. The molecule has 3 aromatic heterocycles. The number of benzene rings is 2. The van der Waals surface area contributed by atoms with Gasteiger partial charge in [-0.05, 0) is 86.5 Å². The fourth-order valence-corrected chi connectivity index (χ4v) is 4.61. The Morgan fingerprint density at radius 3 is 2.31 bits per heavy atom. The molecule has 10 heteroatoms. The molecule has 0 aliphatic carbocycles. The monoisotopic (exact) mass is 566 g/mol. The highest BCUT2D eigenvalue weighted by molar-refractivity contribution is 6.07. The van der Waals surface area contributed by atoms with Crippen LogP contribution in [0.1, 0.15) is 20.8 Å². The number of aryl methyl sites for hydroxylation is 1. The second kappa shape index (κ2) is 11.7. The van der Waals surface area contributed by atoms with E-state index in [1.165, 1.54) is 12.1 Å². The molecule has 0 saturated heterocycles. The number of nitrogens with one attached hydrogen (secondary N) is 3. The van der Waals surface area contributed by atoms with E-state index in [0.717, 1.165) is 33.5 Å². The number of halogens is 1. The van der Waals surface area contributed by atoms with Gasteiger partial charge < -0.3 is 25.3 Å². The predicted octanol–water partition coefficient (Wildman–Crippen LogP) is 6.65. The van der Waals surface area contributed by atoms with Gasteiger partial charge in [0.25, 0.3) is 0 Å². The Bertz CT molecular complexity index is 1730. The van der Waals surface area contributed by atoms with Gasteiger partial charge in [-0.25, -0.2) is 14.2 Å². The van der Waals surface area contributed by atoms with Gasteiger partial charge in [-0.1, -0.05) is 18.2 Å². The zero-order valence-corrected chi connectivity index (χ0v) is 23.7. The van der Waals surface area contributed by atoms with Crippen LogP contribution in [-0.4, -0.2) is 38.7 Å². The molecular formula is C32H31FN6O3. The average molecular weight is 567 g/mol. The number of fused-ring (bicyclic) bond motifs is 1. The summed E-state index contributed by atoms with van der Waals surface area (Å²) in [5, 5.41) is 9.47. The molecule has 5 aromatic rings. The summed E-state index contributed by atoms with van der Waals surface area (Å²) >= 11 is 0. The molecule has 5 rings (SSSR count). The third-order valence-electron chi connectivity index (χ3n) is 6.35. The van der Waals surface area contributed by atoms with Gasteiger partial charge in [0, 0.05) is 36.1 Å². The maximum atomic E-state index is 13.8. The number of hydrogen-bond acceptors (Lipinski definition) is 6. The highest BCUT2D eigenvalue weighted by Crippen LogP contribution is 2.42. The third-order valence-corrected chi connectivity index (χ3v) is 6.35. The van der Waals surface area contributed by atoms with Gasteiger partial charge in [0.1, 0.15) is 23.6 Å². The fraction of sp³-hybridized carbons (Fsp3) is 0.188. The van der Waals surface area contributed by atoms with Crippen molar-refractivity contribution in [3.63, 3.8) is 0 Å². The highest BCUT2D eigenvalue weighted by Gasteiger charge is 2.23. The summed E-state index contributed by atoms with van der Waals surface area (Å²) in [7, 11) is 1.87. The Morgan fingerprint density at radius 2 is 1.64 bits per heavy atom. The van der Waals surface area contributed by atoms with Crippen molar-refractivity contribution in [3.05, 3.63) is 91.0 Å². The van der Waals surface area contributed by atoms with E-state index in [1.807, 2.05) is 60.1 Å². The number of carbonyl (C=O) groups excluding carboxylic acids is 2. The normalized spacial score (nSPS) is 11.3. The van der Waals surface area contributed by atoms with E-state index in [-0.39, 0.29) is 18.2 Å². The van der Waals surface area contributed by atoms with E-state index >= 15 is 0 Å². The van der Waals surface area contributed by atoms with Crippen LogP contribution < -0.4 is 16.0 Å².